The molecular weight excluding hydrogens is 234 g/mol. The van der Waals surface area contributed by atoms with Crippen molar-refractivity contribution < 1.29 is 9.90 Å². The van der Waals surface area contributed by atoms with E-state index in [0.29, 0.717) is 10.6 Å². The number of carbonyl (C=O) groups is 1. The fraction of sp³-hybridized carbons (Fsp3) is 0.200. The third-order valence-electron chi connectivity index (χ3n) is 1.72. The smallest absolute Gasteiger partial charge is 0.316 e. The van der Waals surface area contributed by atoms with Gasteiger partial charge in [0.15, 0.2) is 0 Å². The minimum absolute atomic E-state index is 0.347. The average molecular weight is 242 g/mol. The molecule has 3 nitrogen and oxygen atoms in total. The highest BCUT2D eigenvalue weighted by Gasteiger charge is 2.12. The Bertz CT molecular complexity index is 428. The topological polar surface area (TPSA) is 61.1 Å². The second kappa shape index (κ2) is 5.06. The van der Waals surface area contributed by atoms with Gasteiger partial charge in [-0.15, -0.1) is 11.8 Å². The van der Waals surface area contributed by atoms with E-state index in [1.807, 2.05) is 6.07 Å². The highest BCUT2D eigenvalue weighted by molar-refractivity contribution is 8.00. The first-order chi connectivity index (χ1) is 7.04. The molecule has 0 aliphatic carbocycles. The maximum Gasteiger partial charge on any atom is 0.316 e. The van der Waals surface area contributed by atoms with E-state index < -0.39 is 11.2 Å². The van der Waals surface area contributed by atoms with Gasteiger partial charge in [-0.3, -0.25) is 4.79 Å². The maximum absolute atomic E-state index is 10.6. The van der Waals surface area contributed by atoms with Crippen LogP contribution in [0.25, 0.3) is 0 Å². The van der Waals surface area contributed by atoms with Gasteiger partial charge in [0.05, 0.1) is 10.6 Å². The normalized spacial score (nSPS) is 11.8. The van der Waals surface area contributed by atoms with Gasteiger partial charge in [0, 0.05) is 4.90 Å². The molecule has 0 spiro atoms. The van der Waals surface area contributed by atoms with E-state index in [2.05, 4.69) is 0 Å². The molecule has 0 aromatic heterocycles. The molecular formula is C10H8ClNO2S. The standard InChI is InChI=1S/C10H8ClNO2S/c1-6(10(13)14)15-8-3-2-7(5-12)9(11)4-8/h2-4,6H,1H3,(H,13,14). The number of hydrogen-bond acceptors (Lipinski definition) is 3. The van der Waals surface area contributed by atoms with Crippen LogP contribution < -0.4 is 0 Å². The van der Waals surface area contributed by atoms with Gasteiger partial charge in [0.2, 0.25) is 0 Å². The number of carboxylic acids is 1. The number of aliphatic carboxylic acids is 1. The van der Waals surface area contributed by atoms with Crippen molar-refractivity contribution in [1.29, 1.82) is 5.26 Å². The predicted octanol–water partition coefficient (Wildman–Crippen LogP) is 2.78. The van der Waals surface area contributed by atoms with Crippen molar-refractivity contribution in [3.8, 4) is 6.07 Å². The molecule has 0 heterocycles. The van der Waals surface area contributed by atoms with E-state index >= 15 is 0 Å². The van der Waals surface area contributed by atoms with Crippen LogP contribution in [0.5, 0.6) is 0 Å². The fourth-order valence-corrected chi connectivity index (χ4v) is 2.04. The zero-order valence-electron chi connectivity index (χ0n) is 7.90. The number of nitriles is 1. The lowest BCUT2D eigenvalue weighted by molar-refractivity contribution is -0.136. The second-order valence-corrected chi connectivity index (χ2v) is 4.67. The number of hydrogen-bond donors (Lipinski definition) is 1. The number of nitrogens with zero attached hydrogens (tertiary/aromatic N) is 1. The van der Waals surface area contributed by atoms with E-state index in [4.69, 9.17) is 22.0 Å². The Kier molecular flexibility index (Phi) is 4.01. The molecule has 0 fully saturated rings. The molecule has 1 aromatic rings. The number of rotatable bonds is 3. The third kappa shape index (κ3) is 3.15. The Morgan fingerprint density at radius 1 is 1.67 bits per heavy atom. The molecule has 1 rings (SSSR count). The third-order valence-corrected chi connectivity index (χ3v) is 3.12. The van der Waals surface area contributed by atoms with Crippen LogP contribution in [0.15, 0.2) is 23.1 Å². The van der Waals surface area contributed by atoms with Crippen LogP contribution in [0, 0.1) is 11.3 Å². The van der Waals surface area contributed by atoms with Crippen molar-refractivity contribution in [2.75, 3.05) is 0 Å². The molecule has 15 heavy (non-hydrogen) atoms. The summed E-state index contributed by atoms with van der Waals surface area (Å²) in [6.07, 6.45) is 0. The Morgan fingerprint density at radius 3 is 2.80 bits per heavy atom. The zero-order chi connectivity index (χ0) is 11.4. The Balaban J connectivity index is 2.85. The minimum Gasteiger partial charge on any atom is -0.480 e. The maximum atomic E-state index is 10.6. The van der Waals surface area contributed by atoms with Crippen molar-refractivity contribution >= 4 is 29.3 Å². The van der Waals surface area contributed by atoms with E-state index in [-0.39, 0.29) is 0 Å². The highest BCUT2D eigenvalue weighted by Crippen LogP contribution is 2.27. The molecule has 0 amide bonds. The Morgan fingerprint density at radius 2 is 2.33 bits per heavy atom. The fourth-order valence-electron chi connectivity index (χ4n) is 0.914. The van der Waals surface area contributed by atoms with Crippen LogP contribution in [0.2, 0.25) is 5.02 Å². The lowest BCUT2D eigenvalue weighted by Gasteiger charge is -2.06. The largest absolute Gasteiger partial charge is 0.480 e. The Labute approximate surface area is 96.7 Å². The van der Waals surface area contributed by atoms with E-state index in [1.54, 1.807) is 25.1 Å². The van der Waals surface area contributed by atoms with E-state index in [0.717, 1.165) is 4.90 Å². The number of benzene rings is 1. The van der Waals surface area contributed by atoms with Crippen molar-refractivity contribution in [2.45, 2.75) is 17.1 Å². The first-order valence-electron chi connectivity index (χ1n) is 4.13. The van der Waals surface area contributed by atoms with E-state index in [9.17, 15) is 4.79 Å². The van der Waals surface area contributed by atoms with Gasteiger partial charge >= 0.3 is 5.97 Å². The summed E-state index contributed by atoms with van der Waals surface area (Å²) >= 11 is 7.00. The molecule has 5 heteroatoms. The van der Waals surface area contributed by atoms with Crippen molar-refractivity contribution in [3.05, 3.63) is 28.8 Å². The molecule has 1 aromatic carbocycles. The average Bonchev–Trinajstić information content (AvgIpc) is 2.18. The van der Waals surface area contributed by atoms with Crippen LogP contribution in [0.3, 0.4) is 0 Å². The van der Waals surface area contributed by atoms with Crippen LogP contribution in [-0.2, 0) is 4.79 Å². The van der Waals surface area contributed by atoms with Crippen LogP contribution in [0.4, 0.5) is 0 Å². The van der Waals surface area contributed by atoms with Crippen LogP contribution >= 0.6 is 23.4 Å². The van der Waals surface area contributed by atoms with Crippen LogP contribution in [-0.4, -0.2) is 16.3 Å². The van der Waals surface area contributed by atoms with Crippen molar-refractivity contribution in [2.24, 2.45) is 0 Å². The summed E-state index contributed by atoms with van der Waals surface area (Å²) in [5, 5.41) is 17.2. The lowest BCUT2D eigenvalue weighted by atomic mass is 10.2. The molecule has 0 aliphatic rings. The quantitative estimate of drug-likeness (QED) is 0.827. The summed E-state index contributed by atoms with van der Waals surface area (Å²) < 4.78 is 0. The van der Waals surface area contributed by atoms with Gasteiger partial charge in [-0.05, 0) is 25.1 Å². The summed E-state index contributed by atoms with van der Waals surface area (Å²) in [7, 11) is 0. The van der Waals surface area contributed by atoms with Crippen LogP contribution in [0.1, 0.15) is 12.5 Å². The molecule has 1 unspecified atom stereocenters. The van der Waals surface area contributed by atoms with Crippen molar-refractivity contribution in [1.82, 2.24) is 0 Å². The van der Waals surface area contributed by atoms with Gasteiger partial charge < -0.3 is 5.11 Å². The van der Waals surface area contributed by atoms with E-state index in [1.165, 1.54) is 11.8 Å². The lowest BCUT2D eigenvalue weighted by Crippen LogP contribution is -2.10. The summed E-state index contributed by atoms with van der Waals surface area (Å²) in [6, 6.07) is 6.81. The molecule has 0 aliphatic heterocycles. The first kappa shape index (κ1) is 11.9. The number of halogens is 1. The monoisotopic (exact) mass is 241 g/mol. The zero-order valence-corrected chi connectivity index (χ0v) is 9.47. The second-order valence-electron chi connectivity index (χ2n) is 2.85. The number of thioether (sulfide) groups is 1. The van der Waals surface area contributed by atoms with Gasteiger partial charge in [-0.2, -0.15) is 5.26 Å². The number of carboxylic acid groups (broad SMARTS) is 1. The minimum atomic E-state index is -0.875. The SMILES string of the molecule is CC(Sc1ccc(C#N)c(Cl)c1)C(=O)O. The molecule has 0 saturated heterocycles. The highest BCUT2D eigenvalue weighted by atomic mass is 35.5. The summed E-state index contributed by atoms with van der Waals surface area (Å²) in [4.78, 5) is 11.3. The first-order valence-corrected chi connectivity index (χ1v) is 5.39. The molecule has 78 valence electrons. The van der Waals surface area contributed by atoms with Gasteiger partial charge in [-0.1, -0.05) is 11.6 Å². The Hall–Kier alpha value is -1.18. The molecule has 0 bridgehead atoms. The summed E-state index contributed by atoms with van der Waals surface area (Å²) in [5.74, 6) is -0.875. The van der Waals surface area contributed by atoms with Gasteiger partial charge in [-0.25, -0.2) is 0 Å². The van der Waals surface area contributed by atoms with Crippen molar-refractivity contribution in [3.63, 3.8) is 0 Å². The molecule has 0 radical (unpaired) electrons. The van der Waals surface area contributed by atoms with Gasteiger partial charge in [0.1, 0.15) is 11.3 Å². The molecule has 0 saturated carbocycles. The summed E-state index contributed by atoms with van der Waals surface area (Å²) in [5.41, 5.74) is 0.393. The summed E-state index contributed by atoms with van der Waals surface area (Å²) in [6.45, 7) is 1.60. The van der Waals surface area contributed by atoms with Gasteiger partial charge in [0.25, 0.3) is 0 Å². The predicted molar refractivity (Wildman–Crippen MR) is 59.1 cm³/mol. The molecule has 1 atom stereocenters. The molecule has 1 N–H and O–H groups in total.